The zero-order chi connectivity index (χ0) is 10.1. The molecule has 14 heavy (non-hydrogen) atoms. The maximum Gasteiger partial charge on any atom is 0.127 e. The van der Waals surface area contributed by atoms with Crippen LogP contribution in [0.1, 0.15) is 0 Å². The van der Waals surface area contributed by atoms with Crippen molar-refractivity contribution in [3.8, 4) is 11.3 Å². The second-order valence-corrected chi connectivity index (χ2v) is 3.37. The van der Waals surface area contributed by atoms with Gasteiger partial charge in [-0.25, -0.2) is 4.39 Å². The van der Waals surface area contributed by atoms with E-state index in [1.807, 2.05) is 0 Å². The van der Waals surface area contributed by atoms with Crippen molar-refractivity contribution in [1.29, 1.82) is 0 Å². The summed E-state index contributed by atoms with van der Waals surface area (Å²) in [5.41, 5.74) is 1.60. The van der Waals surface area contributed by atoms with Crippen LogP contribution >= 0.6 is 11.6 Å². The first kappa shape index (κ1) is 9.21. The molecule has 4 heteroatoms. The molecule has 0 radical (unpaired) electrons. The molecule has 0 aliphatic rings. The summed E-state index contributed by atoms with van der Waals surface area (Å²) in [7, 11) is 1.76. The Morgan fingerprint density at radius 3 is 2.43 bits per heavy atom. The molecule has 2 rings (SSSR count). The Hall–Kier alpha value is -1.35. The van der Waals surface area contributed by atoms with Crippen molar-refractivity contribution in [2.75, 3.05) is 0 Å². The van der Waals surface area contributed by atoms with E-state index in [4.69, 9.17) is 11.6 Å². The molecular weight excluding hydrogens is 203 g/mol. The van der Waals surface area contributed by atoms with Gasteiger partial charge in [-0.05, 0) is 24.3 Å². The number of nitrogens with zero attached hydrogens (tertiary/aromatic N) is 2. The van der Waals surface area contributed by atoms with Gasteiger partial charge in [0.25, 0.3) is 0 Å². The molecular formula is C10H8ClFN2. The van der Waals surface area contributed by atoms with Crippen molar-refractivity contribution in [1.82, 2.24) is 9.78 Å². The van der Waals surface area contributed by atoms with Gasteiger partial charge in [0.1, 0.15) is 11.0 Å². The summed E-state index contributed by atoms with van der Waals surface area (Å²) in [6.45, 7) is 0. The Bertz CT molecular complexity index is 428. The third-order valence-electron chi connectivity index (χ3n) is 1.96. The highest BCUT2D eigenvalue weighted by Gasteiger charge is 2.04. The van der Waals surface area contributed by atoms with E-state index >= 15 is 0 Å². The average molecular weight is 211 g/mol. The fraction of sp³-hybridized carbons (Fsp3) is 0.100. The molecule has 0 amide bonds. The fourth-order valence-electron chi connectivity index (χ4n) is 1.21. The number of benzene rings is 1. The van der Waals surface area contributed by atoms with Gasteiger partial charge in [-0.3, -0.25) is 4.68 Å². The Kier molecular flexibility index (Phi) is 2.25. The largest absolute Gasteiger partial charge is 0.256 e. The lowest BCUT2D eigenvalue weighted by Crippen LogP contribution is -1.89. The maximum absolute atomic E-state index is 12.6. The molecule has 1 aromatic heterocycles. The summed E-state index contributed by atoms with van der Waals surface area (Å²) < 4.78 is 14.2. The summed E-state index contributed by atoms with van der Waals surface area (Å²) in [5, 5.41) is 4.73. The molecule has 0 fully saturated rings. The predicted octanol–water partition coefficient (Wildman–Crippen LogP) is 2.88. The van der Waals surface area contributed by atoms with Gasteiger partial charge >= 0.3 is 0 Å². The van der Waals surface area contributed by atoms with Crippen molar-refractivity contribution < 1.29 is 4.39 Å². The Labute approximate surface area is 85.9 Å². The molecule has 1 aromatic carbocycles. The molecule has 0 N–H and O–H groups in total. The van der Waals surface area contributed by atoms with Crippen molar-refractivity contribution >= 4 is 11.6 Å². The molecule has 0 spiro atoms. The molecule has 1 heterocycles. The van der Waals surface area contributed by atoms with Gasteiger partial charge in [-0.15, -0.1) is 0 Å². The summed E-state index contributed by atoms with van der Waals surface area (Å²) in [6.07, 6.45) is 0. The number of hydrogen-bond donors (Lipinski definition) is 0. The van der Waals surface area contributed by atoms with Crippen molar-refractivity contribution in [2.24, 2.45) is 7.05 Å². The highest BCUT2D eigenvalue weighted by atomic mass is 35.5. The monoisotopic (exact) mass is 210 g/mol. The van der Waals surface area contributed by atoms with Crippen molar-refractivity contribution in [3.63, 3.8) is 0 Å². The van der Waals surface area contributed by atoms with Crippen LogP contribution in [0.15, 0.2) is 30.3 Å². The highest BCUT2D eigenvalue weighted by molar-refractivity contribution is 6.29. The van der Waals surface area contributed by atoms with Crippen LogP contribution in [0.4, 0.5) is 4.39 Å². The molecule has 0 atom stereocenters. The second-order valence-electron chi connectivity index (χ2n) is 2.98. The van der Waals surface area contributed by atoms with Crippen LogP contribution in [0, 0.1) is 5.82 Å². The van der Waals surface area contributed by atoms with E-state index in [0.717, 1.165) is 11.3 Å². The first-order chi connectivity index (χ1) is 6.66. The molecule has 0 aliphatic carbocycles. The summed E-state index contributed by atoms with van der Waals surface area (Å²) in [6, 6.07) is 7.90. The zero-order valence-electron chi connectivity index (χ0n) is 7.54. The molecule has 0 bridgehead atoms. The van der Waals surface area contributed by atoms with Crippen molar-refractivity contribution in [3.05, 3.63) is 41.3 Å². The summed E-state index contributed by atoms with van der Waals surface area (Å²) in [4.78, 5) is 0. The van der Waals surface area contributed by atoms with Crippen LogP contribution in [0.2, 0.25) is 5.15 Å². The van der Waals surface area contributed by atoms with E-state index in [1.165, 1.54) is 12.1 Å². The minimum Gasteiger partial charge on any atom is -0.256 e. The first-order valence-electron chi connectivity index (χ1n) is 4.12. The first-order valence-corrected chi connectivity index (χ1v) is 4.50. The number of hydrogen-bond acceptors (Lipinski definition) is 1. The Morgan fingerprint density at radius 2 is 1.93 bits per heavy atom. The zero-order valence-corrected chi connectivity index (χ0v) is 8.29. The summed E-state index contributed by atoms with van der Waals surface area (Å²) >= 11 is 5.84. The topological polar surface area (TPSA) is 17.8 Å². The lowest BCUT2D eigenvalue weighted by molar-refractivity contribution is 0.628. The normalized spacial score (nSPS) is 10.5. The summed E-state index contributed by atoms with van der Waals surface area (Å²) in [5.74, 6) is -0.254. The molecule has 72 valence electrons. The van der Waals surface area contributed by atoms with Gasteiger partial charge in [0.15, 0.2) is 0 Å². The van der Waals surface area contributed by atoms with Crippen LogP contribution in [0.5, 0.6) is 0 Å². The van der Waals surface area contributed by atoms with Crippen LogP contribution in [-0.4, -0.2) is 9.78 Å². The van der Waals surface area contributed by atoms with E-state index in [1.54, 1.807) is 29.9 Å². The number of aromatic nitrogens is 2. The van der Waals surface area contributed by atoms with Crippen LogP contribution in [-0.2, 0) is 7.05 Å². The molecule has 2 aromatic rings. The highest BCUT2D eigenvalue weighted by Crippen LogP contribution is 2.21. The van der Waals surface area contributed by atoms with Crippen molar-refractivity contribution in [2.45, 2.75) is 0 Å². The van der Waals surface area contributed by atoms with E-state index in [0.29, 0.717) is 5.15 Å². The Balaban J connectivity index is 2.44. The van der Waals surface area contributed by atoms with E-state index in [-0.39, 0.29) is 5.82 Å². The standard InChI is InChI=1S/C10H8ClFN2/c1-14-10(11)6-9(13-14)7-2-4-8(12)5-3-7/h2-6H,1H3. The van der Waals surface area contributed by atoms with E-state index in [9.17, 15) is 4.39 Å². The van der Waals surface area contributed by atoms with Crippen LogP contribution in [0.3, 0.4) is 0 Å². The van der Waals surface area contributed by atoms with Gasteiger partial charge in [0.05, 0.1) is 5.69 Å². The predicted molar refractivity (Wildman–Crippen MR) is 53.6 cm³/mol. The van der Waals surface area contributed by atoms with E-state index < -0.39 is 0 Å². The average Bonchev–Trinajstić information content (AvgIpc) is 2.48. The SMILES string of the molecule is Cn1nc(-c2ccc(F)cc2)cc1Cl. The fourth-order valence-corrected chi connectivity index (χ4v) is 1.35. The number of halogens is 2. The number of aryl methyl sites for hydroxylation is 1. The quantitative estimate of drug-likeness (QED) is 0.708. The third kappa shape index (κ3) is 1.63. The van der Waals surface area contributed by atoms with E-state index in [2.05, 4.69) is 5.10 Å². The van der Waals surface area contributed by atoms with Gasteiger partial charge in [0, 0.05) is 18.7 Å². The molecule has 2 nitrogen and oxygen atoms in total. The van der Waals surface area contributed by atoms with Gasteiger partial charge in [0.2, 0.25) is 0 Å². The lowest BCUT2D eigenvalue weighted by atomic mass is 10.1. The lowest BCUT2D eigenvalue weighted by Gasteiger charge is -1.94. The molecule has 0 saturated heterocycles. The molecule has 0 saturated carbocycles. The van der Waals surface area contributed by atoms with Gasteiger partial charge < -0.3 is 0 Å². The number of rotatable bonds is 1. The Morgan fingerprint density at radius 1 is 1.29 bits per heavy atom. The minimum absolute atomic E-state index is 0.254. The minimum atomic E-state index is -0.254. The van der Waals surface area contributed by atoms with Crippen LogP contribution in [0.25, 0.3) is 11.3 Å². The van der Waals surface area contributed by atoms with Crippen LogP contribution < -0.4 is 0 Å². The maximum atomic E-state index is 12.6. The third-order valence-corrected chi connectivity index (χ3v) is 2.32. The second kappa shape index (κ2) is 3.42. The smallest absolute Gasteiger partial charge is 0.127 e. The van der Waals surface area contributed by atoms with Gasteiger partial charge in [-0.2, -0.15) is 5.10 Å². The molecule has 0 unspecified atom stereocenters. The molecule has 0 aliphatic heterocycles. The van der Waals surface area contributed by atoms with Gasteiger partial charge in [-0.1, -0.05) is 11.6 Å².